The summed E-state index contributed by atoms with van der Waals surface area (Å²) in [5.41, 5.74) is 0. The Balaban J connectivity index is 2.69. The molecule has 0 aliphatic rings. The predicted molar refractivity (Wildman–Crippen MR) is 62.0 cm³/mol. The summed E-state index contributed by atoms with van der Waals surface area (Å²) < 4.78 is 25.7. The first-order valence-electron chi connectivity index (χ1n) is 4.31. The van der Waals surface area contributed by atoms with Gasteiger partial charge in [0.05, 0.1) is 10.3 Å². The third kappa shape index (κ3) is 3.99. The predicted octanol–water partition coefficient (Wildman–Crippen LogP) is 1.81. The second-order valence-corrected chi connectivity index (χ2v) is 5.61. The number of benzene rings is 1. The summed E-state index contributed by atoms with van der Waals surface area (Å²) in [5, 5.41) is -0.398. The Morgan fingerprint density at radius 3 is 2.40 bits per heavy atom. The van der Waals surface area contributed by atoms with Gasteiger partial charge >= 0.3 is 0 Å². The smallest absolute Gasteiger partial charge is 0.210 e. The largest absolute Gasteiger partial charge is 0.240 e. The van der Waals surface area contributed by atoms with Gasteiger partial charge in [0.15, 0.2) is 0 Å². The minimum absolute atomic E-state index is 0.127. The Bertz CT molecular complexity index is 394. The standard InChI is InChI=1S/C9H11Cl2NO2S/c10-6-8(11)7-12-15(13,14)9-4-2-1-3-5-9/h1-5,8,12H,6-7H2/t8-/m1/s1. The molecule has 6 heteroatoms. The summed E-state index contributed by atoms with van der Waals surface area (Å²) in [6, 6.07) is 8.11. The van der Waals surface area contributed by atoms with Crippen molar-refractivity contribution in [2.45, 2.75) is 10.3 Å². The van der Waals surface area contributed by atoms with E-state index in [9.17, 15) is 8.42 Å². The molecule has 0 saturated carbocycles. The van der Waals surface area contributed by atoms with Crippen LogP contribution >= 0.6 is 23.2 Å². The highest BCUT2D eigenvalue weighted by Gasteiger charge is 2.14. The first-order valence-corrected chi connectivity index (χ1v) is 6.76. The Hall–Kier alpha value is -0.290. The monoisotopic (exact) mass is 267 g/mol. The third-order valence-electron chi connectivity index (χ3n) is 1.72. The first kappa shape index (κ1) is 12.8. The summed E-state index contributed by atoms with van der Waals surface area (Å²) >= 11 is 11.2. The average Bonchev–Trinajstić information content (AvgIpc) is 2.27. The molecule has 0 aromatic heterocycles. The van der Waals surface area contributed by atoms with Crippen LogP contribution in [0.2, 0.25) is 0 Å². The van der Waals surface area contributed by atoms with Gasteiger partial charge in [-0.25, -0.2) is 13.1 Å². The van der Waals surface area contributed by atoms with Crippen LogP contribution in [0.3, 0.4) is 0 Å². The molecule has 15 heavy (non-hydrogen) atoms. The van der Waals surface area contributed by atoms with E-state index < -0.39 is 15.4 Å². The summed E-state index contributed by atoms with van der Waals surface area (Å²) in [6.45, 7) is 0.127. The Morgan fingerprint density at radius 2 is 1.87 bits per heavy atom. The molecule has 0 unspecified atom stereocenters. The number of hydrogen-bond donors (Lipinski definition) is 1. The van der Waals surface area contributed by atoms with Crippen molar-refractivity contribution in [3.8, 4) is 0 Å². The molecule has 0 fully saturated rings. The van der Waals surface area contributed by atoms with Gasteiger partial charge in [-0.15, -0.1) is 23.2 Å². The molecule has 0 spiro atoms. The summed E-state index contributed by atoms with van der Waals surface area (Å²) in [7, 11) is -3.46. The number of nitrogens with one attached hydrogen (secondary N) is 1. The Morgan fingerprint density at radius 1 is 1.27 bits per heavy atom. The molecule has 1 N–H and O–H groups in total. The van der Waals surface area contributed by atoms with E-state index in [-0.39, 0.29) is 17.3 Å². The molecule has 3 nitrogen and oxygen atoms in total. The summed E-state index contributed by atoms with van der Waals surface area (Å²) in [4.78, 5) is 0.225. The second-order valence-electron chi connectivity index (χ2n) is 2.92. The molecule has 1 aromatic rings. The van der Waals surface area contributed by atoms with Gasteiger partial charge in [-0.3, -0.25) is 0 Å². The van der Waals surface area contributed by atoms with E-state index >= 15 is 0 Å². The molecule has 0 aliphatic carbocycles. The highest BCUT2D eigenvalue weighted by molar-refractivity contribution is 7.89. The second kappa shape index (κ2) is 5.70. The SMILES string of the molecule is O=S(=O)(NC[C@H](Cl)CCl)c1ccccc1. The van der Waals surface area contributed by atoms with Crippen molar-refractivity contribution in [2.75, 3.05) is 12.4 Å². The van der Waals surface area contributed by atoms with E-state index in [1.54, 1.807) is 18.2 Å². The molecule has 0 radical (unpaired) electrons. The fourth-order valence-electron chi connectivity index (χ4n) is 0.938. The van der Waals surface area contributed by atoms with Gasteiger partial charge in [0.25, 0.3) is 0 Å². The van der Waals surface area contributed by atoms with Crippen molar-refractivity contribution in [1.82, 2.24) is 4.72 Å². The fourth-order valence-corrected chi connectivity index (χ4v) is 2.32. The van der Waals surface area contributed by atoms with Crippen LogP contribution in [0.25, 0.3) is 0 Å². The zero-order chi connectivity index (χ0) is 11.3. The zero-order valence-electron chi connectivity index (χ0n) is 7.86. The van der Waals surface area contributed by atoms with Crippen molar-refractivity contribution < 1.29 is 8.42 Å². The zero-order valence-corrected chi connectivity index (χ0v) is 10.2. The lowest BCUT2D eigenvalue weighted by Crippen LogP contribution is -2.30. The lowest BCUT2D eigenvalue weighted by molar-refractivity contribution is 0.581. The average molecular weight is 268 g/mol. The van der Waals surface area contributed by atoms with Crippen molar-refractivity contribution in [1.29, 1.82) is 0 Å². The third-order valence-corrected chi connectivity index (χ3v) is 3.99. The number of hydrogen-bond acceptors (Lipinski definition) is 2. The minimum atomic E-state index is -3.46. The van der Waals surface area contributed by atoms with Crippen molar-refractivity contribution >= 4 is 33.2 Å². The van der Waals surface area contributed by atoms with Crippen LogP contribution in [0.1, 0.15) is 0 Å². The van der Waals surface area contributed by atoms with Crippen molar-refractivity contribution in [3.63, 3.8) is 0 Å². The molecule has 84 valence electrons. The van der Waals surface area contributed by atoms with Crippen molar-refractivity contribution in [3.05, 3.63) is 30.3 Å². The molecular formula is C9H11Cl2NO2S. The molecule has 0 saturated heterocycles. The number of halogens is 2. The van der Waals surface area contributed by atoms with Gasteiger partial charge in [-0.2, -0.15) is 0 Å². The summed E-state index contributed by atoms with van der Waals surface area (Å²) in [6.07, 6.45) is 0. The van der Waals surface area contributed by atoms with E-state index in [4.69, 9.17) is 23.2 Å². The van der Waals surface area contributed by atoms with Crippen LogP contribution in [0.5, 0.6) is 0 Å². The van der Waals surface area contributed by atoms with Crippen LogP contribution in [0.15, 0.2) is 35.2 Å². The Labute approximate surface area is 99.4 Å². The number of rotatable bonds is 5. The van der Waals surface area contributed by atoms with E-state index in [1.165, 1.54) is 12.1 Å². The van der Waals surface area contributed by atoms with E-state index in [0.29, 0.717) is 0 Å². The van der Waals surface area contributed by atoms with E-state index in [2.05, 4.69) is 4.72 Å². The lowest BCUT2D eigenvalue weighted by atomic mass is 10.4. The topological polar surface area (TPSA) is 46.2 Å². The normalized spacial score (nSPS) is 13.7. The molecular weight excluding hydrogens is 257 g/mol. The van der Waals surface area contributed by atoms with Crippen LogP contribution in [0.4, 0.5) is 0 Å². The molecule has 1 atom stereocenters. The molecule has 0 bridgehead atoms. The van der Waals surface area contributed by atoms with Gasteiger partial charge in [-0.1, -0.05) is 18.2 Å². The van der Waals surface area contributed by atoms with Gasteiger partial charge < -0.3 is 0 Å². The molecule has 0 aliphatic heterocycles. The molecule has 1 rings (SSSR count). The number of alkyl halides is 2. The molecule has 0 heterocycles. The quantitative estimate of drug-likeness (QED) is 0.828. The van der Waals surface area contributed by atoms with Gasteiger partial charge in [0, 0.05) is 12.4 Å². The van der Waals surface area contributed by atoms with E-state index in [1.807, 2.05) is 0 Å². The maximum Gasteiger partial charge on any atom is 0.240 e. The number of sulfonamides is 1. The lowest BCUT2D eigenvalue weighted by Gasteiger charge is -2.08. The maximum absolute atomic E-state index is 11.6. The van der Waals surface area contributed by atoms with Gasteiger partial charge in [0.1, 0.15) is 0 Å². The summed E-state index contributed by atoms with van der Waals surface area (Å²) in [5.74, 6) is 0.207. The maximum atomic E-state index is 11.6. The molecule has 0 amide bonds. The van der Waals surface area contributed by atoms with Crippen molar-refractivity contribution in [2.24, 2.45) is 0 Å². The highest BCUT2D eigenvalue weighted by Crippen LogP contribution is 2.07. The molecule has 1 aromatic carbocycles. The van der Waals surface area contributed by atoms with Crippen LogP contribution in [-0.2, 0) is 10.0 Å². The first-order chi connectivity index (χ1) is 7.06. The Kier molecular flexibility index (Phi) is 4.86. The van der Waals surface area contributed by atoms with Gasteiger partial charge in [0.2, 0.25) is 10.0 Å². The fraction of sp³-hybridized carbons (Fsp3) is 0.333. The van der Waals surface area contributed by atoms with Crippen LogP contribution in [0, 0.1) is 0 Å². The highest BCUT2D eigenvalue weighted by atomic mass is 35.5. The minimum Gasteiger partial charge on any atom is -0.210 e. The van der Waals surface area contributed by atoms with Crippen LogP contribution < -0.4 is 4.72 Å². The van der Waals surface area contributed by atoms with E-state index in [0.717, 1.165) is 0 Å². The van der Waals surface area contributed by atoms with Gasteiger partial charge in [-0.05, 0) is 12.1 Å². The van der Waals surface area contributed by atoms with Crippen LogP contribution in [-0.4, -0.2) is 26.2 Å².